The number of pyridine rings is 2. The van der Waals surface area contributed by atoms with E-state index in [0.717, 1.165) is 31.3 Å². The molecule has 3 saturated carbocycles. The van der Waals surface area contributed by atoms with Gasteiger partial charge in [0, 0.05) is 62.3 Å². The van der Waals surface area contributed by atoms with Gasteiger partial charge in [-0.2, -0.15) is 0 Å². The molecule has 10 nitrogen and oxygen atoms in total. The van der Waals surface area contributed by atoms with Gasteiger partial charge in [0.15, 0.2) is 5.78 Å². The van der Waals surface area contributed by atoms with Crippen molar-refractivity contribution < 1.29 is 38.1 Å². The van der Waals surface area contributed by atoms with E-state index in [0.29, 0.717) is 24.0 Å². The van der Waals surface area contributed by atoms with Gasteiger partial charge in [-0.25, -0.2) is 9.59 Å². The van der Waals surface area contributed by atoms with Gasteiger partial charge in [0.1, 0.15) is 18.3 Å². The molecule has 0 spiro atoms. The number of ether oxygens (including phenoxy) is 4. The average molecular weight is 713 g/mol. The highest BCUT2D eigenvalue weighted by molar-refractivity contribution is 5.93. The number of hydrogen-bond acceptors (Lipinski definition) is 10. The lowest BCUT2D eigenvalue weighted by Gasteiger charge is -2.61. The SMILES string of the molecule is CC(=O)O[C@H]1CC(=O)C=C2C[C@@H](OC(=O)c3cccnc3)[C@H]3[C@@H]4CC[C@H]([C@H](C)[C@H](C[C@@]5(C)OC5(C)C)OC(=O)c5cccnc5)[C@@]4(C)CC[C@@H]3[C@]21C. The van der Waals surface area contributed by atoms with Gasteiger partial charge in [0.05, 0.1) is 22.3 Å². The Labute approximate surface area is 306 Å². The van der Waals surface area contributed by atoms with E-state index in [1.807, 2.05) is 0 Å². The van der Waals surface area contributed by atoms with Gasteiger partial charge in [-0.05, 0) is 106 Å². The Bertz CT molecular complexity index is 1760. The van der Waals surface area contributed by atoms with Gasteiger partial charge in [-0.15, -0.1) is 0 Å². The Kier molecular flexibility index (Phi) is 9.24. The van der Waals surface area contributed by atoms with Crippen molar-refractivity contribution in [3.05, 3.63) is 71.8 Å². The van der Waals surface area contributed by atoms with Crippen LogP contribution >= 0.6 is 0 Å². The maximum Gasteiger partial charge on any atom is 0.339 e. The molecule has 0 radical (unpaired) electrons. The second-order valence-electron chi connectivity index (χ2n) is 17.2. The fraction of sp³-hybridized carbons (Fsp3) is 0.619. The lowest BCUT2D eigenvalue weighted by atomic mass is 9.45. The minimum absolute atomic E-state index is 0.0103. The summed E-state index contributed by atoms with van der Waals surface area (Å²) in [5.74, 6) is -0.916. The summed E-state index contributed by atoms with van der Waals surface area (Å²) in [5, 5.41) is 0. The van der Waals surface area contributed by atoms with Crippen LogP contribution in [0.2, 0.25) is 0 Å². The van der Waals surface area contributed by atoms with Gasteiger partial charge in [-0.1, -0.05) is 26.3 Å². The molecular formula is C42H52N2O8. The van der Waals surface area contributed by atoms with Crippen LogP contribution in [0, 0.1) is 40.4 Å². The van der Waals surface area contributed by atoms with Crippen LogP contribution in [-0.2, 0) is 28.5 Å². The Hall–Kier alpha value is -3.92. The smallest absolute Gasteiger partial charge is 0.339 e. The van der Waals surface area contributed by atoms with Crippen LogP contribution in [-0.4, -0.2) is 63.2 Å². The number of nitrogens with zero attached hydrogens (tertiary/aromatic N) is 2. The zero-order valence-corrected chi connectivity index (χ0v) is 31.4. The molecule has 1 saturated heterocycles. The minimum atomic E-state index is -0.584. The summed E-state index contributed by atoms with van der Waals surface area (Å²) in [5.41, 5.74) is 0.230. The normalized spacial score (nSPS) is 36.9. The number of epoxide rings is 1. The Balaban J connectivity index is 1.23. The molecule has 0 bridgehead atoms. The van der Waals surface area contributed by atoms with Gasteiger partial charge in [0.2, 0.25) is 0 Å². The van der Waals surface area contributed by atoms with E-state index in [2.05, 4.69) is 51.5 Å². The van der Waals surface area contributed by atoms with Crippen molar-refractivity contribution in [3.63, 3.8) is 0 Å². The molecular weight excluding hydrogens is 660 g/mol. The average Bonchev–Trinajstić information content (AvgIpc) is 3.40. The van der Waals surface area contributed by atoms with E-state index in [-0.39, 0.29) is 58.8 Å². The highest BCUT2D eigenvalue weighted by Gasteiger charge is 2.66. The summed E-state index contributed by atoms with van der Waals surface area (Å²) in [7, 11) is 0. The molecule has 4 aliphatic carbocycles. The first-order valence-electron chi connectivity index (χ1n) is 18.9. The highest BCUT2D eigenvalue weighted by Crippen LogP contribution is 2.68. The molecule has 1 aliphatic heterocycles. The molecule has 0 aromatic carbocycles. The third-order valence-corrected chi connectivity index (χ3v) is 14.3. The Morgan fingerprint density at radius 1 is 0.904 bits per heavy atom. The second kappa shape index (κ2) is 13.2. The molecule has 0 amide bonds. The number of fused-ring (bicyclic) bond motifs is 5. The summed E-state index contributed by atoms with van der Waals surface area (Å²) in [6.45, 7) is 14.4. The first-order valence-corrected chi connectivity index (χ1v) is 18.9. The number of rotatable bonds is 9. The zero-order chi connectivity index (χ0) is 37.2. The summed E-state index contributed by atoms with van der Waals surface area (Å²) in [6, 6.07) is 6.89. The maximum absolute atomic E-state index is 13.7. The largest absolute Gasteiger partial charge is 0.461 e. The van der Waals surface area contributed by atoms with E-state index < -0.39 is 41.3 Å². The van der Waals surface area contributed by atoms with E-state index >= 15 is 0 Å². The van der Waals surface area contributed by atoms with Gasteiger partial charge < -0.3 is 18.9 Å². The van der Waals surface area contributed by atoms with Crippen LogP contribution < -0.4 is 0 Å². The van der Waals surface area contributed by atoms with Gasteiger partial charge in [-0.3, -0.25) is 19.6 Å². The van der Waals surface area contributed by atoms with E-state index in [4.69, 9.17) is 18.9 Å². The number of ketones is 1. The molecule has 7 rings (SSSR count). The quantitative estimate of drug-likeness (QED) is 0.150. The number of aromatic nitrogens is 2. The second-order valence-corrected chi connectivity index (χ2v) is 17.2. The Morgan fingerprint density at radius 3 is 2.15 bits per heavy atom. The molecule has 2 aromatic rings. The lowest BCUT2D eigenvalue weighted by molar-refractivity contribution is -0.173. The van der Waals surface area contributed by atoms with Crippen molar-refractivity contribution in [2.24, 2.45) is 40.4 Å². The molecule has 11 atom stereocenters. The number of carbonyl (C=O) groups is 4. The van der Waals surface area contributed by atoms with Crippen LogP contribution in [0.5, 0.6) is 0 Å². The van der Waals surface area contributed by atoms with Crippen molar-refractivity contribution in [2.75, 3.05) is 0 Å². The van der Waals surface area contributed by atoms with Crippen LogP contribution in [0.25, 0.3) is 0 Å². The van der Waals surface area contributed by atoms with E-state index in [1.165, 1.54) is 13.1 Å². The maximum atomic E-state index is 13.7. The minimum Gasteiger partial charge on any atom is -0.461 e. The fourth-order valence-electron chi connectivity index (χ4n) is 11.1. The molecule has 10 heteroatoms. The first kappa shape index (κ1) is 36.4. The predicted molar refractivity (Wildman–Crippen MR) is 191 cm³/mol. The van der Waals surface area contributed by atoms with E-state index in [9.17, 15) is 19.2 Å². The van der Waals surface area contributed by atoms with Crippen LogP contribution in [0.1, 0.15) is 114 Å². The number of hydrogen-bond donors (Lipinski definition) is 0. The fourth-order valence-corrected chi connectivity index (χ4v) is 11.1. The standard InChI is InChI=1S/C42H52N2O8/c1-24(34(21-41(6)39(3,4)52-41)51-38(48)27-11-9-17-44-23-27)30-12-13-31-36-32(14-15-40(30,31)5)42(7)28(18-29(46)20-35(42)49-25(2)45)19-33(36)50-37(47)26-10-8-16-43-22-26/h8-11,16-18,22-24,30-36H,12-15,19-21H2,1-7H3/t24-,30+,31-,32-,33+,34-,35-,36-,40+,41+,42-/m0/s1. The summed E-state index contributed by atoms with van der Waals surface area (Å²) in [6.07, 6.45) is 11.3. The molecule has 5 aliphatic rings. The molecule has 4 fully saturated rings. The van der Waals surface area contributed by atoms with Crippen molar-refractivity contribution >= 4 is 23.7 Å². The molecule has 52 heavy (non-hydrogen) atoms. The third-order valence-electron chi connectivity index (χ3n) is 14.3. The van der Waals surface area contributed by atoms with Gasteiger partial charge >= 0.3 is 17.9 Å². The Morgan fingerprint density at radius 2 is 1.56 bits per heavy atom. The lowest BCUT2D eigenvalue weighted by Crippen LogP contribution is -2.60. The number of carbonyl (C=O) groups excluding carboxylic acids is 4. The number of esters is 3. The van der Waals surface area contributed by atoms with Crippen molar-refractivity contribution in [1.29, 1.82) is 0 Å². The molecule has 278 valence electrons. The van der Waals surface area contributed by atoms with E-state index in [1.54, 1.807) is 48.9 Å². The molecule has 3 heterocycles. The molecule has 0 unspecified atom stereocenters. The first-order chi connectivity index (χ1) is 24.6. The van der Waals surface area contributed by atoms with Crippen LogP contribution in [0.15, 0.2) is 60.7 Å². The zero-order valence-electron chi connectivity index (χ0n) is 31.4. The summed E-state index contributed by atoms with van der Waals surface area (Å²) >= 11 is 0. The third kappa shape index (κ3) is 6.18. The topological polar surface area (TPSA) is 134 Å². The summed E-state index contributed by atoms with van der Waals surface area (Å²) < 4.78 is 25.0. The van der Waals surface area contributed by atoms with Gasteiger partial charge in [0.25, 0.3) is 0 Å². The van der Waals surface area contributed by atoms with Crippen molar-refractivity contribution in [2.45, 2.75) is 123 Å². The van der Waals surface area contributed by atoms with Crippen LogP contribution in [0.4, 0.5) is 0 Å². The monoisotopic (exact) mass is 712 g/mol. The molecule has 2 aromatic heterocycles. The highest BCUT2D eigenvalue weighted by atomic mass is 16.6. The van der Waals surface area contributed by atoms with Crippen molar-refractivity contribution in [3.8, 4) is 0 Å². The summed E-state index contributed by atoms with van der Waals surface area (Å²) in [4.78, 5) is 60.9. The molecule has 0 N–H and O–H groups in total. The van der Waals surface area contributed by atoms with Crippen LogP contribution in [0.3, 0.4) is 0 Å². The predicted octanol–water partition coefficient (Wildman–Crippen LogP) is 7.12. The van der Waals surface area contributed by atoms with Crippen molar-refractivity contribution in [1.82, 2.24) is 9.97 Å².